The average molecular weight is 251 g/mol. The van der Waals surface area contributed by atoms with Gasteiger partial charge in [0.05, 0.1) is 6.61 Å². The minimum absolute atomic E-state index is 0.0472. The van der Waals surface area contributed by atoms with Crippen LogP contribution in [0.5, 0.6) is 0 Å². The van der Waals surface area contributed by atoms with Gasteiger partial charge in [0, 0.05) is 18.0 Å². The molecular weight excluding hydrogens is 229 g/mol. The van der Waals surface area contributed by atoms with E-state index in [4.69, 9.17) is 5.11 Å². The van der Waals surface area contributed by atoms with Gasteiger partial charge in [0.2, 0.25) is 0 Å². The van der Waals surface area contributed by atoms with Crippen LogP contribution in [0.1, 0.15) is 38.2 Å². The number of rotatable bonds is 5. The lowest BCUT2D eigenvalue weighted by Gasteiger charge is -2.31. The Morgan fingerprint density at radius 3 is 2.72 bits per heavy atom. The van der Waals surface area contributed by atoms with Crippen LogP contribution in [-0.4, -0.2) is 24.3 Å². The number of benzene rings is 1. The molecule has 0 aromatic heterocycles. The summed E-state index contributed by atoms with van der Waals surface area (Å²) >= 11 is 0. The van der Waals surface area contributed by atoms with Crippen LogP contribution in [0.3, 0.4) is 0 Å². The molecule has 0 aliphatic heterocycles. The van der Waals surface area contributed by atoms with Crippen molar-refractivity contribution in [2.75, 3.05) is 13.2 Å². The van der Waals surface area contributed by atoms with Crippen molar-refractivity contribution in [3.63, 3.8) is 0 Å². The van der Waals surface area contributed by atoms with Crippen LogP contribution in [0, 0.1) is 5.82 Å². The summed E-state index contributed by atoms with van der Waals surface area (Å²) in [5.41, 5.74) is 1.14. The summed E-state index contributed by atoms with van der Waals surface area (Å²) in [6.45, 7) is 2.92. The first kappa shape index (κ1) is 13.5. The van der Waals surface area contributed by atoms with E-state index >= 15 is 0 Å². The van der Waals surface area contributed by atoms with Gasteiger partial charge in [-0.05, 0) is 37.5 Å². The third kappa shape index (κ3) is 2.90. The number of halogens is 1. The molecule has 2 nitrogen and oxygen atoms in total. The smallest absolute Gasteiger partial charge is 0.123 e. The molecular formula is C15H22FNO. The number of hydrogen-bond acceptors (Lipinski definition) is 2. The standard InChI is InChI=1S/C15H22FNO/c1-12(10-18)17-11-15(7-2-3-8-15)13-5-4-6-14(16)9-13/h4-6,9,12,17-18H,2-3,7-8,10-11H2,1H3. The Bertz CT molecular complexity index is 388. The summed E-state index contributed by atoms with van der Waals surface area (Å²) in [6, 6.07) is 7.07. The van der Waals surface area contributed by atoms with E-state index in [1.54, 1.807) is 12.1 Å². The molecule has 2 N–H and O–H groups in total. The van der Waals surface area contributed by atoms with Crippen LogP contribution in [0.4, 0.5) is 4.39 Å². The summed E-state index contributed by atoms with van der Waals surface area (Å²) in [5, 5.41) is 12.4. The highest BCUT2D eigenvalue weighted by Gasteiger charge is 2.35. The van der Waals surface area contributed by atoms with Gasteiger partial charge < -0.3 is 10.4 Å². The molecule has 1 unspecified atom stereocenters. The second-order valence-electron chi connectivity index (χ2n) is 5.46. The predicted molar refractivity (Wildman–Crippen MR) is 71.1 cm³/mol. The predicted octanol–water partition coefficient (Wildman–Crippen LogP) is 2.61. The lowest BCUT2D eigenvalue weighted by Crippen LogP contribution is -2.41. The van der Waals surface area contributed by atoms with Gasteiger partial charge in [-0.1, -0.05) is 25.0 Å². The highest BCUT2D eigenvalue weighted by atomic mass is 19.1. The summed E-state index contributed by atoms with van der Waals surface area (Å²) < 4.78 is 13.4. The summed E-state index contributed by atoms with van der Waals surface area (Å²) in [7, 11) is 0. The van der Waals surface area contributed by atoms with Crippen LogP contribution >= 0.6 is 0 Å². The third-order valence-corrected chi connectivity index (χ3v) is 4.06. The molecule has 0 radical (unpaired) electrons. The van der Waals surface area contributed by atoms with Gasteiger partial charge in [0.15, 0.2) is 0 Å². The fraction of sp³-hybridized carbons (Fsp3) is 0.600. The first-order valence-electron chi connectivity index (χ1n) is 6.77. The average Bonchev–Trinajstić information content (AvgIpc) is 2.86. The molecule has 100 valence electrons. The number of nitrogens with one attached hydrogen (secondary N) is 1. The third-order valence-electron chi connectivity index (χ3n) is 4.06. The van der Waals surface area contributed by atoms with E-state index in [0.29, 0.717) is 0 Å². The van der Waals surface area contributed by atoms with Crippen LogP contribution < -0.4 is 5.32 Å². The molecule has 0 amide bonds. The molecule has 0 heterocycles. The van der Waals surface area contributed by atoms with Gasteiger partial charge in [-0.15, -0.1) is 0 Å². The normalized spacial score (nSPS) is 19.9. The van der Waals surface area contributed by atoms with E-state index < -0.39 is 0 Å². The molecule has 1 saturated carbocycles. The molecule has 1 aromatic rings. The van der Waals surface area contributed by atoms with Crippen molar-refractivity contribution in [3.05, 3.63) is 35.6 Å². The summed E-state index contributed by atoms with van der Waals surface area (Å²) in [6.07, 6.45) is 4.60. The monoisotopic (exact) mass is 251 g/mol. The molecule has 1 aliphatic rings. The highest BCUT2D eigenvalue weighted by molar-refractivity contribution is 5.28. The van der Waals surface area contributed by atoms with Crippen molar-refractivity contribution in [3.8, 4) is 0 Å². The quantitative estimate of drug-likeness (QED) is 0.843. The zero-order chi connectivity index (χ0) is 13.0. The van der Waals surface area contributed by atoms with E-state index in [2.05, 4.69) is 5.32 Å². The van der Waals surface area contributed by atoms with Crippen molar-refractivity contribution in [2.24, 2.45) is 0 Å². The molecule has 18 heavy (non-hydrogen) atoms. The Balaban J connectivity index is 2.16. The summed E-state index contributed by atoms with van der Waals surface area (Å²) in [4.78, 5) is 0. The van der Waals surface area contributed by atoms with Gasteiger partial charge >= 0.3 is 0 Å². The van der Waals surface area contributed by atoms with Crippen molar-refractivity contribution >= 4 is 0 Å². The zero-order valence-electron chi connectivity index (χ0n) is 11.0. The topological polar surface area (TPSA) is 32.3 Å². The molecule has 0 saturated heterocycles. The van der Waals surface area contributed by atoms with Crippen molar-refractivity contribution in [1.82, 2.24) is 5.32 Å². The SMILES string of the molecule is CC(CO)NCC1(c2cccc(F)c2)CCCC1. The van der Waals surface area contributed by atoms with E-state index in [1.165, 1.54) is 18.9 Å². The maximum Gasteiger partial charge on any atom is 0.123 e. The van der Waals surface area contributed by atoms with Crippen molar-refractivity contribution in [1.29, 1.82) is 0 Å². The van der Waals surface area contributed by atoms with E-state index in [1.807, 2.05) is 13.0 Å². The Kier molecular flexibility index (Phi) is 4.36. The van der Waals surface area contributed by atoms with Gasteiger partial charge in [0.1, 0.15) is 5.82 Å². The van der Waals surface area contributed by atoms with Crippen molar-refractivity contribution in [2.45, 2.75) is 44.1 Å². The largest absolute Gasteiger partial charge is 0.395 e. The molecule has 1 aliphatic carbocycles. The first-order valence-corrected chi connectivity index (χ1v) is 6.77. The molecule has 3 heteroatoms. The fourth-order valence-corrected chi connectivity index (χ4v) is 2.87. The number of aliphatic hydroxyl groups is 1. The Morgan fingerprint density at radius 2 is 2.11 bits per heavy atom. The molecule has 1 atom stereocenters. The lowest BCUT2D eigenvalue weighted by molar-refractivity contribution is 0.241. The lowest BCUT2D eigenvalue weighted by atomic mass is 9.78. The van der Waals surface area contributed by atoms with Crippen molar-refractivity contribution < 1.29 is 9.50 Å². The Morgan fingerprint density at radius 1 is 1.39 bits per heavy atom. The Labute approximate surface area is 108 Å². The zero-order valence-corrected chi connectivity index (χ0v) is 11.0. The number of hydrogen-bond donors (Lipinski definition) is 2. The van der Waals surface area contributed by atoms with E-state index in [0.717, 1.165) is 24.9 Å². The molecule has 1 aromatic carbocycles. The van der Waals surface area contributed by atoms with Crippen LogP contribution in [0.15, 0.2) is 24.3 Å². The van der Waals surface area contributed by atoms with Gasteiger partial charge in [0.25, 0.3) is 0 Å². The van der Waals surface area contributed by atoms with E-state index in [9.17, 15) is 4.39 Å². The maximum atomic E-state index is 13.4. The van der Waals surface area contributed by atoms with Crippen LogP contribution in [0.2, 0.25) is 0 Å². The molecule has 2 rings (SSSR count). The highest BCUT2D eigenvalue weighted by Crippen LogP contribution is 2.40. The van der Waals surface area contributed by atoms with Gasteiger partial charge in [-0.3, -0.25) is 0 Å². The molecule has 1 fully saturated rings. The van der Waals surface area contributed by atoms with Gasteiger partial charge in [-0.2, -0.15) is 0 Å². The minimum atomic E-state index is -0.158. The van der Waals surface area contributed by atoms with Crippen LogP contribution in [0.25, 0.3) is 0 Å². The summed E-state index contributed by atoms with van der Waals surface area (Å²) in [5.74, 6) is -0.158. The molecule has 0 spiro atoms. The first-order chi connectivity index (χ1) is 8.66. The fourth-order valence-electron chi connectivity index (χ4n) is 2.87. The second kappa shape index (κ2) is 5.81. The van der Waals surface area contributed by atoms with E-state index in [-0.39, 0.29) is 23.9 Å². The molecule has 0 bridgehead atoms. The maximum absolute atomic E-state index is 13.4. The minimum Gasteiger partial charge on any atom is -0.395 e. The van der Waals surface area contributed by atoms with Crippen LogP contribution in [-0.2, 0) is 5.41 Å². The van der Waals surface area contributed by atoms with Gasteiger partial charge in [-0.25, -0.2) is 4.39 Å². The number of aliphatic hydroxyl groups excluding tert-OH is 1. The second-order valence-corrected chi connectivity index (χ2v) is 5.46. The Hall–Kier alpha value is -0.930.